The molecule has 2 fully saturated rings. The standard InChI is InChI=1S/C23H26N2O4/c1-3-7-19-20(22(26)24-14-15-28-23(24)27)21(17-12-10-16(2)11-13-17)25(29-19)18-8-5-4-6-9-18/h4-6,8-13,19-21H,3,7,14-15H2,1-2H3/t19-,20-,21+/m1/s1. The Hall–Kier alpha value is -2.86. The van der Waals surface area contributed by atoms with Gasteiger partial charge >= 0.3 is 6.09 Å². The van der Waals surface area contributed by atoms with Crippen LogP contribution in [0.25, 0.3) is 0 Å². The maximum atomic E-state index is 13.5. The number of benzene rings is 2. The van der Waals surface area contributed by atoms with Gasteiger partial charge in [-0.1, -0.05) is 61.4 Å². The summed E-state index contributed by atoms with van der Waals surface area (Å²) in [5.41, 5.74) is 3.03. The molecular formula is C23H26N2O4. The second kappa shape index (κ2) is 8.25. The first-order chi connectivity index (χ1) is 14.1. The van der Waals surface area contributed by atoms with Crippen LogP contribution in [0.2, 0.25) is 0 Å². The van der Waals surface area contributed by atoms with Crippen molar-refractivity contribution in [2.45, 2.75) is 38.8 Å². The molecule has 0 N–H and O–H groups in total. The number of ether oxygens (including phenoxy) is 1. The van der Waals surface area contributed by atoms with Gasteiger partial charge in [0, 0.05) is 0 Å². The van der Waals surface area contributed by atoms with Gasteiger partial charge in [-0.05, 0) is 31.0 Å². The minimum Gasteiger partial charge on any atom is -0.447 e. The van der Waals surface area contributed by atoms with Crippen LogP contribution in [0.3, 0.4) is 0 Å². The monoisotopic (exact) mass is 394 g/mol. The average molecular weight is 394 g/mol. The topological polar surface area (TPSA) is 59.1 Å². The van der Waals surface area contributed by atoms with Crippen LogP contribution in [0, 0.1) is 12.8 Å². The van der Waals surface area contributed by atoms with E-state index in [0.29, 0.717) is 6.54 Å². The normalized spacial score (nSPS) is 24.1. The van der Waals surface area contributed by atoms with Gasteiger partial charge in [0.25, 0.3) is 0 Å². The van der Waals surface area contributed by atoms with Gasteiger partial charge in [0.2, 0.25) is 5.91 Å². The van der Waals surface area contributed by atoms with Gasteiger partial charge in [0.1, 0.15) is 6.61 Å². The van der Waals surface area contributed by atoms with Crippen LogP contribution in [0.4, 0.5) is 10.5 Å². The number of amides is 2. The largest absolute Gasteiger partial charge is 0.447 e. The lowest BCUT2D eigenvalue weighted by molar-refractivity contribution is -0.134. The number of cyclic esters (lactones) is 1. The smallest absolute Gasteiger partial charge is 0.416 e. The van der Waals surface area contributed by atoms with Crippen LogP contribution < -0.4 is 5.06 Å². The first-order valence-corrected chi connectivity index (χ1v) is 10.2. The molecule has 2 aliphatic rings. The van der Waals surface area contributed by atoms with Gasteiger partial charge in [0.15, 0.2) is 0 Å². The first-order valence-electron chi connectivity index (χ1n) is 10.2. The van der Waals surface area contributed by atoms with E-state index in [9.17, 15) is 9.59 Å². The van der Waals surface area contributed by atoms with Gasteiger partial charge in [-0.25, -0.2) is 14.8 Å². The zero-order valence-corrected chi connectivity index (χ0v) is 16.8. The molecule has 4 rings (SSSR count). The highest BCUT2D eigenvalue weighted by molar-refractivity contribution is 5.95. The molecule has 2 aliphatic heterocycles. The fraction of sp³-hybridized carbons (Fsp3) is 0.391. The van der Waals surface area contributed by atoms with Gasteiger partial charge < -0.3 is 4.74 Å². The predicted octanol–water partition coefficient (Wildman–Crippen LogP) is 4.25. The fourth-order valence-electron chi connectivity index (χ4n) is 4.11. The number of rotatable bonds is 5. The first kappa shape index (κ1) is 19.5. The SMILES string of the molecule is CCC[C@H]1ON(c2ccccc2)[C@@H](c2ccc(C)cc2)[C@@H]1C(=O)N1CCOC1=O. The molecule has 2 saturated heterocycles. The average Bonchev–Trinajstić information content (AvgIpc) is 3.33. The van der Waals surface area contributed by atoms with Crippen molar-refractivity contribution in [3.8, 4) is 0 Å². The Morgan fingerprint density at radius 3 is 2.45 bits per heavy atom. The molecule has 2 aromatic carbocycles. The second-order valence-electron chi connectivity index (χ2n) is 7.58. The van der Waals surface area contributed by atoms with E-state index in [1.54, 1.807) is 0 Å². The highest BCUT2D eigenvalue weighted by atomic mass is 16.7. The molecular weight excluding hydrogens is 368 g/mol. The molecule has 6 heteroatoms. The summed E-state index contributed by atoms with van der Waals surface area (Å²) in [6, 6.07) is 17.6. The van der Waals surface area contributed by atoms with Gasteiger partial charge in [-0.2, -0.15) is 0 Å². The zero-order chi connectivity index (χ0) is 20.4. The molecule has 3 atom stereocenters. The highest BCUT2D eigenvalue weighted by Gasteiger charge is 2.51. The Kier molecular flexibility index (Phi) is 5.53. The van der Waals surface area contributed by atoms with E-state index in [2.05, 4.69) is 6.92 Å². The third-order valence-electron chi connectivity index (χ3n) is 5.56. The molecule has 2 aromatic rings. The molecule has 152 valence electrons. The number of aryl methyl sites for hydroxylation is 1. The van der Waals surface area contributed by atoms with Gasteiger partial charge in [-0.15, -0.1) is 0 Å². The summed E-state index contributed by atoms with van der Waals surface area (Å²) < 4.78 is 5.02. The lowest BCUT2D eigenvalue weighted by atomic mass is 9.86. The summed E-state index contributed by atoms with van der Waals surface area (Å²) in [7, 11) is 0. The number of hydroxylamine groups is 1. The highest BCUT2D eigenvalue weighted by Crippen LogP contribution is 2.44. The Balaban J connectivity index is 1.77. The summed E-state index contributed by atoms with van der Waals surface area (Å²) in [6.45, 7) is 4.64. The van der Waals surface area contributed by atoms with Gasteiger partial charge in [0.05, 0.1) is 30.3 Å². The van der Waals surface area contributed by atoms with E-state index >= 15 is 0 Å². The number of imide groups is 1. The quantitative estimate of drug-likeness (QED) is 0.759. The molecule has 2 amide bonds. The van der Waals surface area contributed by atoms with E-state index in [4.69, 9.17) is 9.57 Å². The van der Waals surface area contributed by atoms with Crippen LogP contribution in [-0.2, 0) is 14.4 Å². The van der Waals surface area contributed by atoms with Crippen LogP contribution in [0.1, 0.15) is 36.9 Å². The maximum Gasteiger partial charge on any atom is 0.416 e. The van der Waals surface area contributed by atoms with Crippen LogP contribution in [0.15, 0.2) is 54.6 Å². The minimum atomic E-state index is -0.564. The second-order valence-corrected chi connectivity index (χ2v) is 7.58. The Bertz CT molecular complexity index is 868. The van der Waals surface area contributed by atoms with Crippen LogP contribution in [-0.4, -0.2) is 36.2 Å². The summed E-state index contributed by atoms with van der Waals surface area (Å²) in [6.07, 6.45) is 0.728. The Labute approximate surface area is 171 Å². The molecule has 6 nitrogen and oxygen atoms in total. The molecule has 0 bridgehead atoms. The molecule has 0 aromatic heterocycles. The number of carbonyl (C=O) groups is 2. The zero-order valence-electron chi connectivity index (χ0n) is 16.8. The molecule has 0 unspecified atom stereocenters. The molecule has 0 radical (unpaired) electrons. The molecule has 0 aliphatic carbocycles. The van der Waals surface area contributed by atoms with E-state index in [1.165, 1.54) is 4.90 Å². The van der Waals surface area contributed by atoms with Crippen LogP contribution in [0.5, 0.6) is 0 Å². The Morgan fingerprint density at radius 2 is 1.83 bits per heavy atom. The summed E-state index contributed by atoms with van der Waals surface area (Å²) >= 11 is 0. The maximum absolute atomic E-state index is 13.5. The van der Waals surface area contributed by atoms with Crippen molar-refractivity contribution < 1.29 is 19.2 Å². The molecule has 0 saturated carbocycles. The van der Waals surface area contributed by atoms with E-state index in [-0.39, 0.29) is 24.7 Å². The van der Waals surface area contributed by atoms with Crippen molar-refractivity contribution in [3.63, 3.8) is 0 Å². The lowest BCUT2D eigenvalue weighted by Gasteiger charge is -2.28. The minimum absolute atomic E-state index is 0.227. The third kappa shape index (κ3) is 3.72. The van der Waals surface area contributed by atoms with Crippen molar-refractivity contribution in [1.29, 1.82) is 0 Å². The number of nitrogens with zero attached hydrogens (tertiary/aromatic N) is 2. The summed E-state index contributed by atoms with van der Waals surface area (Å²) in [5.74, 6) is -0.724. The van der Waals surface area contributed by atoms with Crippen molar-refractivity contribution in [3.05, 3.63) is 65.7 Å². The molecule has 0 spiro atoms. The van der Waals surface area contributed by atoms with Crippen LogP contribution >= 0.6 is 0 Å². The van der Waals surface area contributed by atoms with Crippen molar-refractivity contribution in [2.75, 3.05) is 18.2 Å². The molecule has 29 heavy (non-hydrogen) atoms. The number of hydrogen-bond donors (Lipinski definition) is 0. The predicted molar refractivity (Wildman–Crippen MR) is 109 cm³/mol. The number of para-hydroxylation sites is 1. The number of hydrogen-bond acceptors (Lipinski definition) is 5. The van der Waals surface area contributed by atoms with Crippen molar-refractivity contribution in [2.24, 2.45) is 5.92 Å². The Morgan fingerprint density at radius 1 is 1.10 bits per heavy atom. The number of carbonyl (C=O) groups excluding carboxylic acids is 2. The summed E-state index contributed by atoms with van der Waals surface area (Å²) in [4.78, 5) is 33.2. The van der Waals surface area contributed by atoms with Gasteiger partial charge in [-0.3, -0.25) is 9.63 Å². The van der Waals surface area contributed by atoms with E-state index < -0.39 is 12.0 Å². The lowest BCUT2D eigenvalue weighted by Crippen LogP contribution is -2.42. The van der Waals surface area contributed by atoms with E-state index in [0.717, 1.165) is 29.7 Å². The van der Waals surface area contributed by atoms with Crippen molar-refractivity contribution in [1.82, 2.24) is 4.90 Å². The fourth-order valence-corrected chi connectivity index (χ4v) is 4.11. The number of anilines is 1. The third-order valence-corrected chi connectivity index (χ3v) is 5.56. The summed E-state index contributed by atoms with van der Waals surface area (Å²) in [5, 5.41) is 1.84. The molecule has 2 heterocycles. The van der Waals surface area contributed by atoms with Crippen molar-refractivity contribution >= 4 is 17.7 Å². The van der Waals surface area contributed by atoms with E-state index in [1.807, 2.05) is 66.6 Å².